The molecule has 8 nitrogen and oxygen atoms in total. The topological polar surface area (TPSA) is 107 Å². The van der Waals surface area contributed by atoms with Gasteiger partial charge < -0.3 is 5.11 Å². The third kappa shape index (κ3) is 3.15. The number of aryl methyl sites for hydroxylation is 1. The Bertz CT molecular complexity index is 925. The smallest absolute Gasteiger partial charge is 0.332 e. The number of carbonyl (C=O) groups is 1. The summed E-state index contributed by atoms with van der Waals surface area (Å²) in [7, 11) is 2.73. The van der Waals surface area contributed by atoms with Crippen molar-refractivity contribution in [1.82, 2.24) is 19.1 Å². The maximum Gasteiger partial charge on any atom is 0.332 e. The minimum Gasteiger partial charge on any atom is -0.480 e. The third-order valence-electron chi connectivity index (χ3n) is 3.34. The van der Waals surface area contributed by atoms with E-state index in [0.717, 1.165) is 20.9 Å². The van der Waals surface area contributed by atoms with E-state index >= 15 is 0 Å². The van der Waals surface area contributed by atoms with Gasteiger partial charge in [-0.2, -0.15) is 0 Å². The molecule has 0 aliphatic heterocycles. The van der Waals surface area contributed by atoms with Crippen LogP contribution >= 0.6 is 35.0 Å². The highest BCUT2D eigenvalue weighted by Crippen LogP contribution is 2.35. The zero-order valence-corrected chi connectivity index (χ0v) is 15.3. The molecule has 0 aromatic carbocycles. The lowest BCUT2D eigenvalue weighted by molar-refractivity contribution is -0.136. The van der Waals surface area contributed by atoms with E-state index in [1.165, 1.54) is 14.1 Å². The molecule has 0 fully saturated rings. The number of halogens is 2. The van der Waals surface area contributed by atoms with Crippen LogP contribution in [0.2, 0.25) is 0 Å². The number of aromatic nitrogens is 4. The number of rotatable bonds is 5. The molecule has 2 rings (SSSR count). The number of thioether (sulfide) groups is 1. The summed E-state index contributed by atoms with van der Waals surface area (Å²) < 4.78 is 2.01. The van der Waals surface area contributed by atoms with E-state index in [-0.39, 0.29) is 22.6 Å². The van der Waals surface area contributed by atoms with E-state index in [1.54, 1.807) is 6.92 Å². The molecule has 24 heavy (non-hydrogen) atoms. The number of hydrogen-bond acceptors (Lipinski definition) is 6. The highest BCUT2D eigenvalue weighted by atomic mass is 35.5. The average Bonchev–Trinajstić information content (AvgIpc) is 2.54. The second-order valence-corrected chi connectivity index (χ2v) is 7.32. The SMILES string of the molecule is CCSC(C(=O)O)c1nc2c(nc1C(Cl)Cl)c(=O)n(C)c(=O)n2C. The minimum absolute atomic E-state index is 0.00469. The van der Waals surface area contributed by atoms with Crippen molar-refractivity contribution in [2.45, 2.75) is 17.0 Å². The Kier molecular flexibility index (Phi) is 5.56. The van der Waals surface area contributed by atoms with Crippen molar-refractivity contribution in [3.63, 3.8) is 0 Å². The fourth-order valence-electron chi connectivity index (χ4n) is 2.18. The van der Waals surface area contributed by atoms with Crippen LogP contribution in [0.5, 0.6) is 0 Å². The molecule has 0 aliphatic rings. The van der Waals surface area contributed by atoms with Gasteiger partial charge in [-0.1, -0.05) is 30.1 Å². The van der Waals surface area contributed by atoms with Crippen LogP contribution in [-0.4, -0.2) is 35.9 Å². The summed E-state index contributed by atoms with van der Waals surface area (Å²) in [6.45, 7) is 1.79. The Labute approximate surface area is 150 Å². The van der Waals surface area contributed by atoms with Crippen molar-refractivity contribution in [2.24, 2.45) is 14.1 Å². The van der Waals surface area contributed by atoms with Crippen molar-refractivity contribution in [2.75, 3.05) is 5.75 Å². The molecule has 0 spiro atoms. The monoisotopic (exact) mass is 392 g/mol. The van der Waals surface area contributed by atoms with Crippen molar-refractivity contribution in [3.8, 4) is 0 Å². The number of carboxylic acids is 1. The van der Waals surface area contributed by atoms with Crippen LogP contribution in [-0.2, 0) is 18.9 Å². The summed E-state index contributed by atoms with van der Waals surface area (Å²) in [5.41, 5.74) is -1.34. The largest absolute Gasteiger partial charge is 0.480 e. The lowest BCUT2D eigenvalue weighted by atomic mass is 10.2. The molecular formula is C13H14Cl2N4O4S. The van der Waals surface area contributed by atoms with Gasteiger partial charge in [0.2, 0.25) is 0 Å². The zero-order valence-electron chi connectivity index (χ0n) is 13.0. The van der Waals surface area contributed by atoms with Crippen LogP contribution in [0.15, 0.2) is 9.59 Å². The Balaban J connectivity index is 2.94. The second-order valence-electron chi connectivity index (χ2n) is 4.85. The molecule has 2 aromatic heterocycles. The molecule has 130 valence electrons. The lowest BCUT2D eigenvalue weighted by Crippen LogP contribution is -2.38. The molecule has 0 saturated heterocycles. The normalized spacial score (nSPS) is 12.8. The van der Waals surface area contributed by atoms with E-state index in [4.69, 9.17) is 23.2 Å². The van der Waals surface area contributed by atoms with Gasteiger partial charge in [-0.25, -0.2) is 14.8 Å². The zero-order chi connectivity index (χ0) is 18.2. The van der Waals surface area contributed by atoms with Gasteiger partial charge >= 0.3 is 11.7 Å². The number of nitrogens with zero attached hydrogens (tertiary/aromatic N) is 4. The predicted molar refractivity (Wildman–Crippen MR) is 93.0 cm³/mol. The van der Waals surface area contributed by atoms with Crippen LogP contribution in [0.25, 0.3) is 11.2 Å². The minimum atomic E-state index is -1.17. The van der Waals surface area contributed by atoms with Gasteiger partial charge in [0, 0.05) is 14.1 Å². The Hall–Kier alpha value is -1.58. The molecule has 11 heteroatoms. The summed E-state index contributed by atoms with van der Waals surface area (Å²) in [6, 6.07) is 0. The Morgan fingerprint density at radius 2 is 1.83 bits per heavy atom. The summed E-state index contributed by atoms with van der Waals surface area (Å²) in [5, 5.41) is 8.38. The molecule has 2 aromatic rings. The molecule has 1 atom stereocenters. The maximum atomic E-state index is 12.3. The highest BCUT2D eigenvalue weighted by molar-refractivity contribution is 8.00. The van der Waals surface area contributed by atoms with Gasteiger partial charge in [0.05, 0.1) is 11.4 Å². The van der Waals surface area contributed by atoms with Gasteiger partial charge in [0.15, 0.2) is 16.0 Å². The highest BCUT2D eigenvalue weighted by Gasteiger charge is 2.29. The molecule has 0 bridgehead atoms. The van der Waals surface area contributed by atoms with Gasteiger partial charge in [-0.3, -0.25) is 18.7 Å². The van der Waals surface area contributed by atoms with Crippen LogP contribution < -0.4 is 11.2 Å². The molecule has 0 radical (unpaired) electrons. The molecule has 0 saturated carbocycles. The van der Waals surface area contributed by atoms with Crippen molar-refractivity contribution in [1.29, 1.82) is 0 Å². The summed E-state index contributed by atoms with van der Waals surface area (Å²) >= 11 is 12.9. The second kappa shape index (κ2) is 7.12. The van der Waals surface area contributed by atoms with Crippen molar-refractivity contribution < 1.29 is 9.90 Å². The molecular weight excluding hydrogens is 379 g/mol. The van der Waals surface area contributed by atoms with E-state index in [0.29, 0.717) is 5.75 Å². The van der Waals surface area contributed by atoms with E-state index in [1.807, 2.05) is 0 Å². The summed E-state index contributed by atoms with van der Waals surface area (Å²) in [5.74, 6) is -0.638. The third-order valence-corrected chi connectivity index (χ3v) is 4.85. The number of hydrogen-bond donors (Lipinski definition) is 1. The average molecular weight is 393 g/mol. The fraction of sp³-hybridized carbons (Fsp3) is 0.462. The number of carboxylic acid groups (broad SMARTS) is 1. The van der Waals surface area contributed by atoms with E-state index in [9.17, 15) is 19.5 Å². The molecule has 1 unspecified atom stereocenters. The number of alkyl halides is 2. The Morgan fingerprint density at radius 3 is 2.33 bits per heavy atom. The van der Waals surface area contributed by atoms with Crippen LogP contribution in [0, 0.1) is 0 Å². The first-order chi connectivity index (χ1) is 11.2. The van der Waals surface area contributed by atoms with Crippen LogP contribution in [0.4, 0.5) is 0 Å². The van der Waals surface area contributed by atoms with Gasteiger partial charge in [-0.05, 0) is 5.75 Å². The first-order valence-electron chi connectivity index (χ1n) is 6.80. The molecule has 0 aliphatic carbocycles. The maximum absolute atomic E-state index is 12.3. The lowest BCUT2D eigenvalue weighted by Gasteiger charge is -2.16. The van der Waals surface area contributed by atoms with Crippen LogP contribution in [0.1, 0.15) is 28.4 Å². The fourth-order valence-corrected chi connectivity index (χ4v) is 3.31. The van der Waals surface area contributed by atoms with Gasteiger partial charge in [-0.15, -0.1) is 11.8 Å². The van der Waals surface area contributed by atoms with Gasteiger partial charge in [0.25, 0.3) is 5.56 Å². The standard InChI is InChI=1S/C13H14Cl2N4O4S/c1-4-24-8(12(21)22)5-6(9(14)15)16-7-10(17-5)18(2)13(23)19(3)11(7)20/h8-9H,4H2,1-3H3,(H,21,22). The van der Waals surface area contributed by atoms with Crippen LogP contribution in [0.3, 0.4) is 0 Å². The van der Waals surface area contributed by atoms with Crippen molar-refractivity contribution >= 4 is 52.1 Å². The summed E-state index contributed by atoms with van der Waals surface area (Å²) in [4.78, 5) is 43.0. The number of aliphatic carboxylic acids is 1. The first-order valence-corrected chi connectivity index (χ1v) is 8.72. The molecule has 0 amide bonds. The molecule has 2 heterocycles. The Morgan fingerprint density at radius 1 is 1.21 bits per heavy atom. The first kappa shape index (κ1) is 18.8. The van der Waals surface area contributed by atoms with E-state index < -0.39 is 27.3 Å². The number of fused-ring (bicyclic) bond motifs is 1. The predicted octanol–water partition coefficient (Wildman–Crippen LogP) is 1.38. The van der Waals surface area contributed by atoms with Crippen molar-refractivity contribution in [3.05, 3.63) is 32.2 Å². The molecule has 1 N–H and O–H groups in total. The quantitative estimate of drug-likeness (QED) is 0.765. The summed E-state index contributed by atoms with van der Waals surface area (Å²) in [6.07, 6.45) is 0. The van der Waals surface area contributed by atoms with Gasteiger partial charge in [0.1, 0.15) is 5.25 Å². The van der Waals surface area contributed by atoms with E-state index in [2.05, 4.69) is 9.97 Å².